The largest absolute Gasteiger partial charge is 0.481 e. The zero-order valence-electron chi connectivity index (χ0n) is 12.3. The summed E-state index contributed by atoms with van der Waals surface area (Å²) in [6, 6.07) is 0.153. The lowest BCUT2D eigenvalue weighted by Crippen LogP contribution is -2.51. The number of piperidine rings is 1. The molecule has 0 saturated carbocycles. The van der Waals surface area contributed by atoms with Crippen LogP contribution in [0.3, 0.4) is 0 Å². The summed E-state index contributed by atoms with van der Waals surface area (Å²) in [6.07, 6.45) is 7.69. The Hall–Kier alpha value is -1.52. The van der Waals surface area contributed by atoms with Crippen LogP contribution in [-0.4, -0.2) is 41.1 Å². The fourth-order valence-electron chi connectivity index (χ4n) is 2.93. The van der Waals surface area contributed by atoms with Crippen LogP contribution >= 0.6 is 0 Å². The molecule has 5 heteroatoms. The molecule has 1 saturated heterocycles. The molecule has 0 aromatic heterocycles. The van der Waals surface area contributed by atoms with Crippen molar-refractivity contribution in [2.24, 2.45) is 11.3 Å². The number of aliphatic carboxylic acids is 1. The molecule has 0 aromatic carbocycles. The van der Waals surface area contributed by atoms with Gasteiger partial charge in [-0.2, -0.15) is 0 Å². The summed E-state index contributed by atoms with van der Waals surface area (Å²) in [4.78, 5) is 25.4. The van der Waals surface area contributed by atoms with Crippen molar-refractivity contribution in [1.82, 2.24) is 10.2 Å². The zero-order chi connectivity index (χ0) is 14.8. The van der Waals surface area contributed by atoms with E-state index in [2.05, 4.69) is 17.5 Å². The number of carbonyl (C=O) groups is 2. The molecule has 1 fully saturated rings. The van der Waals surface area contributed by atoms with E-state index in [0.29, 0.717) is 6.54 Å². The minimum absolute atomic E-state index is 0.0150. The Morgan fingerprint density at radius 2 is 1.95 bits per heavy atom. The molecule has 2 rings (SSSR count). The molecule has 1 aliphatic carbocycles. The maximum atomic E-state index is 12.2. The molecule has 5 nitrogen and oxygen atoms in total. The van der Waals surface area contributed by atoms with Gasteiger partial charge in [-0.3, -0.25) is 4.79 Å². The number of nitrogens with one attached hydrogen (secondary N) is 1. The summed E-state index contributed by atoms with van der Waals surface area (Å²) in [5.41, 5.74) is -0.784. The third kappa shape index (κ3) is 3.14. The average molecular weight is 280 g/mol. The van der Waals surface area contributed by atoms with Crippen molar-refractivity contribution in [3.63, 3.8) is 0 Å². The Bertz CT molecular complexity index is 409. The highest BCUT2D eigenvalue weighted by Crippen LogP contribution is 2.34. The van der Waals surface area contributed by atoms with Gasteiger partial charge in [-0.05, 0) is 45.4 Å². The van der Waals surface area contributed by atoms with Gasteiger partial charge < -0.3 is 15.3 Å². The Kier molecular flexibility index (Phi) is 4.35. The number of likely N-dealkylation sites (tertiary alicyclic amines) is 1. The number of carbonyl (C=O) groups excluding carboxylic acids is 1. The lowest BCUT2D eigenvalue weighted by molar-refractivity contribution is -0.151. The van der Waals surface area contributed by atoms with Crippen molar-refractivity contribution in [3.8, 4) is 0 Å². The predicted molar refractivity (Wildman–Crippen MR) is 76.4 cm³/mol. The van der Waals surface area contributed by atoms with Gasteiger partial charge in [-0.25, -0.2) is 4.79 Å². The van der Waals surface area contributed by atoms with Crippen LogP contribution in [0, 0.1) is 11.3 Å². The van der Waals surface area contributed by atoms with E-state index in [-0.39, 0.29) is 18.0 Å². The van der Waals surface area contributed by atoms with E-state index in [9.17, 15) is 14.7 Å². The first kappa shape index (κ1) is 14.9. The van der Waals surface area contributed by atoms with Crippen LogP contribution in [0.2, 0.25) is 0 Å². The van der Waals surface area contributed by atoms with Crippen molar-refractivity contribution in [2.75, 3.05) is 13.1 Å². The van der Waals surface area contributed by atoms with Crippen LogP contribution in [-0.2, 0) is 4.79 Å². The molecule has 1 aliphatic heterocycles. The lowest BCUT2D eigenvalue weighted by atomic mass is 9.74. The van der Waals surface area contributed by atoms with Crippen LogP contribution in [0.25, 0.3) is 0 Å². The zero-order valence-corrected chi connectivity index (χ0v) is 12.3. The first-order chi connectivity index (χ1) is 9.41. The molecule has 0 spiro atoms. The van der Waals surface area contributed by atoms with Gasteiger partial charge in [0, 0.05) is 19.1 Å². The monoisotopic (exact) mass is 280 g/mol. The number of carboxylic acid groups (broad SMARTS) is 1. The van der Waals surface area contributed by atoms with Gasteiger partial charge in [0.05, 0.1) is 5.41 Å². The topological polar surface area (TPSA) is 69.6 Å². The van der Waals surface area contributed by atoms with Gasteiger partial charge in [0.25, 0.3) is 0 Å². The van der Waals surface area contributed by atoms with Crippen molar-refractivity contribution in [1.29, 1.82) is 0 Å². The molecule has 0 radical (unpaired) electrons. The van der Waals surface area contributed by atoms with Crippen molar-refractivity contribution in [2.45, 2.75) is 45.6 Å². The van der Waals surface area contributed by atoms with Crippen LogP contribution in [0.4, 0.5) is 4.79 Å². The number of amides is 2. The Morgan fingerprint density at radius 1 is 1.30 bits per heavy atom. The maximum absolute atomic E-state index is 12.2. The Labute approximate surface area is 120 Å². The van der Waals surface area contributed by atoms with Crippen molar-refractivity contribution >= 4 is 12.0 Å². The standard InChI is InChI=1S/C15H24N2O3/c1-15(2,13(18)19)11-6-5-9-17(10-11)14(20)16-12-7-3-4-8-12/h3-4,11-12H,5-10H2,1-2H3,(H,16,20)(H,18,19). The predicted octanol–water partition coefficient (Wildman–Crippen LogP) is 2.24. The summed E-state index contributed by atoms with van der Waals surface area (Å²) >= 11 is 0. The summed E-state index contributed by atoms with van der Waals surface area (Å²) in [5, 5.41) is 12.3. The van der Waals surface area contributed by atoms with Gasteiger partial charge >= 0.3 is 12.0 Å². The smallest absolute Gasteiger partial charge is 0.317 e. The molecule has 1 unspecified atom stereocenters. The van der Waals surface area contributed by atoms with Crippen LogP contribution in [0.15, 0.2) is 12.2 Å². The lowest BCUT2D eigenvalue weighted by Gasteiger charge is -2.39. The quantitative estimate of drug-likeness (QED) is 0.779. The molecule has 20 heavy (non-hydrogen) atoms. The highest BCUT2D eigenvalue weighted by Gasteiger charge is 2.40. The van der Waals surface area contributed by atoms with Gasteiger partial charge in [-0.15, -0.1) is 0 Å². The SMILES string of the molecule is CC(C)(C(=O)O)C1CCCN(C(=O)NC2CC=CC2)C1. The number of hydrogen-bond donors (Lipinski definition) is 2. The number of carboxylic acids is 1. The summed E-state index contributed by atoms with van der Waals surface area (Å²) in [5.74, 6) is -0.772. The number of rotatable bonds is 3. The normalized spacial score (nSPS) is 23.9. The van der Waals surface area contributed by atoms with E-state index in [4.69, 9.17) is 0 Å². The van der Waals surface area contributed by atoms with E-state index in [1.807, 2.05) is 0 Å². The van der Waals surface area contributed by atoms with E-state index >= 15 is 0 Å². The Morgan fingerprint density at radius 3 is 2.55 bits per heavy atom. The fourth-order valence-corrected chi connectivity index (χ4v) is 2.93. The fraction of sp³-hybridized carbons (Fsp3) is 0.733. The molecule has 0 bridgehead atoms. The van der Waals surface area contributed by atoms with Crippen LogP contribution < -0.4 is 5.32 Å². The van der Waals surface area contributed by atoms with E-state index in [0.717, 1.165) is 32.2 Å². The summed E-state index contributed by atoms with van der Waals surface area (Å²) < 4.78 is 0. The molecule has 112 valence electrons. The number of urea groups is 1. The average Bonchev–Trinajstić information content (AvgIpc) is 2.91. The Balaban J connectivity index is 1.92. The van der Waals surface area contributed by atoms with E-state index in [1.165, 1.54) is 0 Å². The first-order valence-corrected chi connectivity index (χ1v) is 7.35. The third-order valence-corrected chi connectivity index (χ3v) is 4.62. The molecule has 1 atom stereocenters. The maximum Gasteiger partial charge on any atom is 0.317 e. The second-order valence-corrected chi connectivity index (χ2v) is 6.40. The first-order valence-electron chi connectivity index (χ1n) is 7.35. The highest BCUT2D eigenvalue weighted by atomic mass is 16.4. The van der Waals surface area contributed by atoms with Gasteiger partial charge in [0.1, 0.15) is 0 Å². The second kappa shape index (κ2) is 5.85. The minimum Gasteiger partial charge on any atom is -0.481 e. The highest BCUT2D eigenvalue weighted by molar-refractivity contribution is 5.76. The van der Waals surface area contributed by atoms with Gasteiger partial charge in [0.2, 0.25) is 0 Å². The summed E-state index contributed by atoms with van der Waals surface area (Å²) in [6.45, 7) is 4.76. The number of nitrogens with zero attached hydrogens (tertiary/aromatic N) is 1. The second-order valence-electron chi connectivity index (χ2n) is 6.40. The number of hydrogen-bond acceptors (Lipinski definition) is 2. The molecular weight excluding hydrogens is 256 g/mol. The van der Waals surface area contributed by atoms with Crippen LogP contribution in [0.1, 0.15) is 39.5 Å². The molecule has 0 aromatic rings. The molecule has 2 amide bonds. The molecule has 1 heterocycles. The molecular formula is C15H24N2O3. The molecule has 2 N–H and O–H groups in total. The van der Waals surface area contributed by atoms with Gasteiger partial charge in [-0.1, -0.05) is 12.2 Å². The van der Waals surface area contributed by atoms with Crippen molar-refractivity contribution < 1.29 is 14.7 Å². The third-order valence-electron chi connectivity index (χ3n) is 4.62. The van der Waals surface area contributed by atoms with Crippen LogP contribution in [0.5, 0.6) is 0 Å². The van der Waals surface area contributed by atoms with Gasteiger partial charge in [0.15, 0.2) is 0 Å². The molecule has 2 aliphatic rings. The van der Waals surface area contributed by atoms with E-state index < -0.39 is 11.4 Å². The summed E-state index contributed by atoms with van der Waals surface area (Å²) in [7, 11) is 0. The van der Waals surface area contributed by atoms with E-state index in [1.54, 1.807) is 18.7 Å². The minimum atomic E-state index is -0.787. The van der Waals surface area contributed by atoms with Crippen molar-refractivity contribution in [3.05, 3.63) is 12.2 Å².